The van der Waals surface area contributed by atoms with Gasteiger partial charge in [-0.3, -0.25) is 14.5 Å². The molecule has 0 aromatic rings. The summed E-state index contributed by atoms with van der Waals surface area (Å²) in [5.74, 6) is -0.910. The molecule has 1 atom stereocenters. The van der Waals surface area contributed by atoms with Crippen LogP contribution in [0.4, 0.5) is 0 Å². The van der Waals surface area contributed by atoms with Crippen molar-refractivity contribution in [1.29, 1.82) is 0 Å². The van der Waals surface area contributed by atoms with Crippen LogP contribution in [0.25, 0.3) is 0 Å². The average Bonchev–Trinajstić information content (AvgIpc) is 1.96. The van der Waals surface area contributed by atoms with Crippen LogP contribution in [-0.4, -0.2) is 60.0 Å². The summed E-state index contributed by atoms with van der Waals surface area (Å²) in [5.41, 5.74) is 0. The second-order valence-electron chi connectivity index (χ2n) is 3.04. The molecule has 68 valence electrons. The number of rotatable bonds is 1. The molecule has 5 nitrogen and oxygen atoms in total. The van der Waals surface area contributed by atoms with E-state index in [9.17, 15) is 9.59 Å². The van der Waals surface area contributed by atoms with Gasteiger partial charge in [-0.2, -0.15) is 0 Å². The van der Waals surface area contributed by atoms with Crippen LogP contribution in [0.5, 0.6) is 0 Å². The molecule has 0 saturated carbocycles. The predicted octanol–water partition coefficient (Wildman–Crippen LogP) is -1.16. The van der Waals surface area contributed by atoms with E-state index >= 15 is 0 Å². The molecule has 0 radical (unpaired) electrons. The first-order chi connectivity index (χ1) is 5.52. The molecule has 1 aliphatic heterocycles. The number of carboxylic acid groups (broad SMARTS) is 1. The van der Waals surface area contributed by atoms with Crippen molar-refractivity contribution in [3.8, 4) is 0 Å². The van der Waals surface area contributed by atoms with Crippen molar-refractivity contribution in [2.75, 3.05) is 27.2 Å². The van der Waals surface area contributed by atoms with Gasteiger partial charge in [-0.1, -0.05) is 0 Å². The van der Waals surface area contributed by atoms with Crippen LogP contribution in [0.1, 0.15) is 0 Å². The molecule has 12 heavy (non-hydrogen) atoms. The van der Waals surface area contributed by atoms with Gasteiger partial charge in [-0.15, -0.1) is 0 Å². The molecule has 0 aliphatic carbocycles. The summed E-state index contributed by atoms with van der Waals surface area (Å²) >= 11 is 0. The molecule has 1 saturated heterocycles. The summed E-state index contributed by atoms with van der Waals surface area (Å²) in [4.78, 5) is 24.7. The van der Waals surface area contributed by atoms with Crippen molar-refractivity contribution in [3.63, 3.8) is 0 Å². The van der Waals surface area contributed by atoms with E-state index in [1.54, 1.807) is 19.0 Å². The Morgan fingerprint density at radius 3 is 2.67 bits per heavy atom. The fourth-order valence-electron chi connectivity index (χ4n) is 1.21. The lowest BCUT2D eigenvalue weighted by Gasteiger charge is -2.34. The molecular formula is C7H12N2O3. The molecule has 1 fully saturated rings. The van der Waals surface area contributed by atoms with Gasteiger partial charge in [0.1, 0.15) is 6.04 Å². The van der Waals surface area contributed by atoms with E-state index in [-0.39, 0.29) is 19.0 Å². The Labute approximate surface area is 70.6 Å². The number of carboxylic acids is 1. The lowest BCUT2D eigenvalue weighted by molar-refractivity contribution is -0.149. The molecule has 1 amide bonds. The summed E-state index contributed by atoms with van der Waals surface area (Å²) in [6.07, 6.45) is 0. The predicted molar refractivity (Wildman–Crippen MR) is 41.7 cm³/mol. The SMILES string of the molecule is CN1CC(C(=O)O)N(C)CC1=O. The van der Waals surface area contributed by atoms with Crippen LogP contribution >= 0.6 is 0 Å². The van der Waals surface area contributed by atoms with Gasteiger partial charge in [-0.25, -0.2) is 0 Å². The maximum atomic E-state index is 11.1. The van der Waals surface area contributed by atoms with Crippen LogP contribution in [0.3, 0.4) is 0 Å². The van der Waals surface area contributed by atoms with Gasteiger partial charge in [0.05, 0.1) is 6.54 Å². The van der Waals surface area contributed by atoms with Gasteiger partial charge >= 0.3 is 5.97 Å². The van der Waals surface area contributed by atoms with Gasteiger partial charge in [0.25, 0.3) is 0 Å². The Kier molecular flexibility index (Phi) is 2.32. The fourth-order valence-corrected chi connectivity index (χ4v) is 1.21. The molecule has 0 spiro atoms. The summed E-state index contributed by atoms with van der Waals surface area (Å²) in [7, 11) is 3.26. The van der Waals surface area contributed by atoms with Gasteiger partial charge in [0.15, 0.2) is 0 Å². The largest absolute Gasteiger partial charge is 0.480 e. The average molecular weight is 172 g/mol. The molecule has 1 N–H and O–H groups in total. The lowest BCUT2D eigenvalue weighted by Crippen LogP contribution is -2.56. The van der Waals surface area contributed by atoms with Crippen LogP contribution in [0, 0.1) is 0 Å². The molecule has 1 heterocycles. The summed E-state index contributed by atoms with van der Waals surface area (Å²) in [5, 5.41) is 8.73. The Bertz CT molecular complexity index is 217. The highest BCUT2D eigenvalue weighted by Crippen LogP contribution is 2.06. The Morgan fingerprint density at radius 2 is 2.17 bits per heavy atom. The number of hydrogen-bond acceptors (Lipinski definition) is 3. The third-order valence-corrected chi connectivity index (χ3v) is 2.07. The topological polar surface area (TPSA) is 60.9 Å². The Balaban J connectivity index is 2.67. The van der Waals surface area contributed by atoms with E-state index in [2.05, 4.69) is 0 Å². The van der Waals surface area contributed by atoms with Gasteiger partial charge in [0, 0.05) is 13.6 Å². The van der Waals surface area contributed by atoms with Gasteiger partial charge in [0.2, 0.25) is 5.91 Å². The fraction of sp³-hybridized carbons (Fsp3) is 0.714. The number of carbonyl (C=O) groups is 2. The highest BCUT2D eigenvalue weighted by Gasteiger charge is 2.32. The summed E-state index contributed by atoms with van der Waals surface area (Å²) < 4.78 is 0. The Hall–Kier alpha value is -1.10. The molecule has 1 rings (SSSR count). The number of hydrogen-bond donors (Lipinski definition) is 1. The monoisotopic (exact) mass is 172 g/mol. The quantitative estimate of drug-likeness (QED) is 0.542. The first kappa shape index (κ1) is 8.99. The van der Waals surface area contributed by atoms with Crippen LogP contribution < -0.4 is 0 Å². The number of aliphatic carboxylic acids is 1. The summed E-state index contributed by atoms with van der Waals surface area (Å²) in [6.45, 7) is 0.456. The minimum absolute atomic E-state index is 0.0324. The zero-order chi connectivity index (χ0) is 9.30. The van der Waals surface area contributed by atoms with E-state index in [1.807, 2.05) is 0 Å². The second kappa shape index (κ2) is 3.10. The Morgan fingerprint density at radius 1 is 1.58 bits per heavy atom. The van der Waals surface area contributed by atoms with Gasteiger partial charge < -0.3 is 10.0 Å². The van der Waals surface area contributed by atoms with Crippen molar-refractivity contribution in [1.82, 2.24) is 9.80 Å². The van der Waals surface area contributed by atoms with Gasteiger partial charge in [-0.05, 0) is 7.05 Å². The zero-order valence-electron chi connectivity index (χ0n) is 7.15. The van der Waals surface area contributed by atoms with Crippen molar-refractivity contribution >= 4 is 11.9 Å². The zero-order valence-corrected chi connectivity index (χ0v) is 7.15. The number of amides is 1. The van der Waals surface area contributed by atoms with E-state index in [4.69, 9.17) is 5.11 Å². The van der Waals surface area contributed by atoms with Crippen molar-refractivity contribution in [2.45, 2.75) is 6.04 Å². The van der Waals surface area contributed by atoms with E-state index in [0.29, 0.717) is 0 Å². The van der Waals surface area contributed by atoms with E-state index < -0.39 is 12.0 Å². The normalized spacial score (nSPS) is 26.0. The standard InChI is InChI=1S/C7H12N2O3/c1-8-4-6(10)9(2)3-5(8)7(11)12/h5H,3-4H2,1-2H3,(H,11,12). The third kappa shape index (κ3) is 1.55. The molecule has 1 unspecified atom stereocenters. The minimum atomic E-state index is -0.878. The van der Waals surface area contributed by atoms with Crippen molar-refractivity contribution in [3.05, 3.63) is 0 Å². The van der Waals surface area contributed by atoms with E-state index in [0.717, 1.165) is 0 Å². The highest BCUT2D eigenvalue weighted by atomic mass is 16.4. The van der Waals surface area contributed by atoms with Crippen LogP contribution in [0.15, 0.2) is 0 Å². The van der Waals surface area contributed by atoms with Crippen LogP contribution in [-0.2, 0) is 9.59 Å². The van der Waals surface area contributed by atoms with Crippen molar-refractivity contribution in [2.24, 2.45) is 0 Å². The number of piperazine rings is 1. The first-order valence-electron chi connectivity index (χ1n) is 3.69. The number of likely N-dealkylation sites (N-methyl/N-ethyl adjacent to an activating group) is 2. The summed E-state index contributed by atoms with van der Waals surface area (Å²) in [6, 6.07) is -0.562. The molecule has 0 bridgehead atoms. The van der Waals surface area contributed by atoms with Crippen LogP contribution in [0.2, 0.25) is 0 Å². The molecule has 0 aromatic carbocycles. The second-order valence-corrected chi connectivity index (χ2v) is 3.04. The molecule has 1 aliphatic rings. The maximum absolute atomic E-state index is 11.1. The van der Waals surface area contributed by atoms with Crippen molar-refractivity contribution < 1.29 is 14.7 Å². The maximum Gasteiger partial charge on any atom is 0.322 e. The third-order valence-electron chi connectivity index (χ3n) is 2.07. The molecular weight excluding hydrogens is 160 g/mol. The number of nitrogens with zero attached hydrogens (tertiary/aromatic N) is 2. The number of carbonyl (C=O) groups excluding carboxylic acids is 1. The van der Waals surface area contributed by atoms with E-state index in [1.165, 1.54) is 4.90 Å². The molecule has 0 aromatic heterocycles. The lowest BCUT2D eigenvalue weighted by atomic mass is 10.2. The first-order valence-corrected chi connectivity index (χ1v) is 3.69. The minimum Gasteiger partial charge on any atom is -0.480 e. The smallest absolute Gasteiger partial charge is 0.322 e. The highest BCUT2D eigenvalue weighted by molar-refractivity contribution is 5.83. The molecule has 5 heteroatoms.